The molecular weight excluding hydrogens is 420 g/mol. The summed E-state index contributed by atoms with van der Waals surface area (Å²) >= 11 is 9.12. The Morgan fingerprint density at radius 3 is 1.95 bits per heavy atom. The molecule has 0 spiro atoms. The van der Waals surface area contributed by atoms with Crippen LogP contribution in [0, 0.1) is 6.92 Å². The zero-order chi connectivity index (χ0) is 15.6. The van der Waals surface area contributed by atoms with Gasteiger partial charge in [-0.3, -0.25) is 0 Å². The van der Waals surface area contributed by atoms with Crippen LogP contribution in [0.3, 0.4) is 0 Å². The van der Waals surface area contributed by atoms with Gasteiger partial charge in [-0.05, 0) is 46.6 Å². The molecule has 2 rings (SSSR count). The summed E-state index contributed by atoms with van der Waals surface area (Å²) in [5.41, 5.74) is 1.05. The molecule has 1 aromatic carbocycles. The van der Waals surface area contributed by atoms with E-state index in [-0.39, 0.29) is 4.83 Å². The number of alkyl halides is 1. The largest absolute Gasteiger partial charge is 0.493 e. The molecule has 0 aliphatic rings. The van der Waals surface area contributed by atoms with E-state index in [1.807, 2.05) is 12.1 Å². The monoisotopic (exact) mass is 434 g/mol. The number of aryl methyl sites for hydroxylation is 1. The maximum Gasteiger partial charge on any atom is 0.203 e. The van der Waals surface area contributed by atoms with Gasteiger partial charge in [-0.1, -0.05) is 15.9 Å². The van der Waals surface area contributed by atoms with Crippen LogP contribution in [0.25, 0.3) is 0 Å². The van der Waals surface area contributed by atoms with Gasteiger partial charge in [0.2, 0.25) is 5.75 Å². The molecule has 0 amide bonds. The summed E-state index contributed by atoms with van der Waals surface area (Å²) in [5, 5.41) is 0. The van der Waals surface area contributed by atoms with Crippen molar-refractivity contribution in [2.45, 2.75) is 11.8 Å². The van der Waals surface area contributed by atoms with Crippen LogP contribution in [0.15, 0.2) is 22.7 Å². The van der Waals surface area contributed by atoms with Crippen molar-refractivity contribution in [2.24, 2.45) is 0 Å². The van der Waals surface area contributed by atoms with Gasteiger partial charge in [0.25, 0.3) is 0 Å². The smallest absolute Gasteiger partial charge is 0.203 e. The zero-order valence-corrected chi connectivity index (χ0v) is 16.2. The van der Waals surface area contributed by atoms with Gasteiger partial charge in [0, 0.05) is 14.2 Å². The molecule has 0 N–H and O–H groups in total. The highest BCUT2D eigenvalue weighted by Gasteiger charge is 2.21. The van der Waals surface area contributed by atoms with Gasteiger partial charge >= 0.3 is 0 Å². The lowest BCUT2D eigenvalue weighted by atomic mass is 10.1. The van der Waals surface area contributed by atoms with Crippen molar-refractivity contribution in [3.63, 3.8) is 0 Å². The summed E-state index contributed by atoms with van der Waals surface area (Å²) in [4.78, 5) is 2.52. The van der Waals surface area contributed by atoms with Crippen LogP contribution in [0.5, 0.6) is 17.2 Å². The zero-order valence-electron chi connectivity index (χ0n) is 12.2. The second-order valence-electron chi connectivity index (χ2n) is 4.39. The first-order valence-electron chi connectivity index (χ1n) is 6.21. The Hall–Kier alpha value is -0.720. The summed E-state index contributed by atoms with van der Waals surface area (Å²) in [6, 6.07) is 6.04. The van der Waals surface area contributed by atoms with Crippen LogP contribution in [-0.2, 0) is 0 Å². The topological polar surface area (TPSA) is 27.7 Å². The molecule has 1 unspecified atom stereocenters. The third-order valence-electron chi connectivity index (χ3n) is 3.05. The van der Waals surface area contributed by atoms with E-state index in [2.05, 4.69) is 44.8 Å². The van der Waals surface area contributed by atoms with Gasteiger partial charge in [-0.15, -0.1) is 11.3 Å². The van der Waals surface area contributed by atoms with E-state index in [1.165, 1.54) is 9.75 Å². The van der Waals surface area contributed by atoms with Crippen LogP contribution in [-0.4, -0.2) is 21.3 Å². The first-order chi connectivity index (χ1) is 10.0. The molecule has 114 valence electrons. The van der Waals surface area contributed by atoms with Crippen molar-refractivity contribution in [1.82, 2.24) is 0 Å². The number of thiophene rings is 1. The average molecular weight is 436 g/mol. The van der Waals surface area contributed by atoms with E-state index < -0.39 is 0 Å². The van der Waals surface area contributed by atoms with Crippen LogP contribution < -0.4 is 14.2 Å². The Morgan fingerprint density at radius 2 is 1.57 bits per heavy atom. The van der Waals surface area contributed by atoms with Crippen molar-refractivity contribution in [3.8, 4) is 17.2 Å². The van der Waals surface area contributed by atoms with Gasteiger partial charge in [0.05, 0.1) is 26.2 Å². The minimum atomic E-state index is 0.0549. The van der Waals surface area contributed by atoms with Crippen molar-refractivity contribution in [1.29, 1.82) is 0 Å². The van der Waals surface area contributed by atoms with Gasteiger partial charge < -0.3 is 14.2 Å². The molecule has 0 fully saturated rings. The number of halogens is 2. The number of ether oxygens (including phenoxy) is 3. The normalized spacial score (nSPS) is 12.1. The molecule has 2 aromatic rings. The Kier molecular flexibility index (Phi) is 5.57. The van der Waals surface area contributed by atoms with Crippen LogP contribution in [0.2, 0.25) is 0 Å². The van der Waals surface area contributed by atoms with E-state index in [9.17, 15) is 0 Å². The van der Waals surface area contributed by atoms with Crippen molar-refractivity contribution in [2.75, 3.05) is 21.3 Å². The minimum Gasteiger partial charge on any atom is -0.493 e. The average Bonchev–Trinajstić information content (AvgIpc) is 2.83. The molecule has 1 atom stereocenters. The molecule has 21 heavy (non-hydrogen) atoms. The molecule has 1 aromatic heterocycles. The lowest BCUT2D eigenvalue weighted by Gasteiger charge is -2.16. The molecule has 0 aliphatic heterocycles. The number of hydrogen-bond acceptors (Lipinski definition) is 4. The number of benzene rings is 1. The van der Waals surface area contributed by atoms with E-state index in [1.54, 1.807) is 32.7 Å². The Balaban J connectivity index is 2.51. The molecule has 6 heteroatoms. The minimum absolute atomic E-state index is 0.0549. The van der Waals surface area contributed by atoms with Crippen LogP contribution in [0.1, 0.15) is 20.1 Å². The van der Waals surface area contributed by atoms with Crippen LogP contribution in [0.4, 0.5) is 0 Å². The Labute approximate surface area is 145 Å². The Morgan fingerprint density at radius 1 is 1.00 bits per heavy atom. The number of rotatable bonds is 5. The van der Waals surface area contributed by atoms with E-state index >= 15 is 0 Å². The van der Waals surface area contributed by atoms with Crippen molar-refractivity contribution < 1.29 is 14.2 Å². The molecule has 0 saturated heterocycles. The Bertz CT molecular complexity index is 615. The standard InChI is InChI=1S/C15H16Br2O3S/c1-8-5-10(16)15(21-8)13(17)9-6-11(18-2)14(20-4)12(7-9)19-3/h5-7,13H,1-4H3. The summed E-state index contributed by atoms with van der Waals surface area (Å²) in [6.45, 7) is 2.09. The summed E-state index contributed by atoms with van der Waals surface area (Å²) < 4.78 is 17.3. The number of hydrogen-bond donors (Lipinski definition) is 0. The SMILES string of the molecule is COc1cc(C(Br)c2sc(C)cc2Br)cc(OC)c1OC. The van der Waals surface area contributed by atoms with E-state index in [0.29, 0.717) is 17.2 Å². The lowest BCUT2D eigenvalue weighted by molar-refractivity contribution is 0.324. The second kappa shape index (κ2) is 7.03. The third kappa shape index (κ3) is 3.38. The summed E-state index contributed by atoms with van der Waals surface area (Å²) in [7, 11) is 4.84. The lowest BCUT2D eigenvalue weighted by Crippen LogP contribution is -1.98. The molecule has 0 saturated carbocycles. The second-order valence-corrected chi connectivity index (χ2v) is 7.45. The fourth-order valence-corrected chi connectivity index (χ4v) is 5.06. The third-order valence-corrected chi connectivity index (χ3v) is 6.37. The highest BCUT2D eigenvalue weighted by molar-refractivity contribution is 9.11. The molecule has 0 bridgehead atoms. The number of methoxy groups -OCH3 is 3. The maximum absolute atomic E-state index is 5.41. The van der Waals surface area contributed by atoms with Gasteiger partial charge in [-0.2, -0.15) is 0 Å². The van der Waals surface area contributed by atoms with Crippen LogP contribution >= 0.6 is 43.2 Å². The van der Waals surface area contributed by atoms with Crippen molar-refractivity contribution >= 4 is 43.2 Å². The summed E-state index contributed by atoms with van der Waals surface area (Å²) in [5.74, 6) is 1.91. The highest BCUT2D eigenvalue weighted by atomic mass is 79.9. The highest BCUT2D eigenvalue weighted by Crippen LogP contribution is 2.46. The molecule has 1 heterocycles. The van der Waals surface area contributed by atoms with E-state index in [4.69, 9.17) is 14.2 Å². The van der Waals surface area contributed by atoms with E-state index in [0.717, 1.165) is 10.0 Å². The molecular formula is C15H16Br2O3S. The molecule has 0 aliphatic carbocycles. The fraction of sp³-hybridized carbons (Fsp3) is 0.333. The fourth-order valence-electron chi connectivity index (χ4n) is 2.07. The summed E-state index contributed by atoms with van der Waals surface area (Å²) in [6.07, 6.45) is 0. The van der Waals surface area contributed by atoms with Gasteiger partial charge in [0.15, 0.2) is 11.5 Å². The van der Waals surface area contributed by atoms with Crippen molar-refractivity contribution in [3.05, 3.63) is 38.0 Å². The van der Waals surface area contributed by atoms with Gasteiger partial charge in [0.1, 0.15) is 0 Å². The quantitative estimate of drug-likeness (QED) is 0.594. The van der Waals surface area contributed by atoms with Gasteiger partial charge in [-0.25, -0.2) is 0 Å². The predicted octanol–water partition coefficient (Wildman–Crippen LogP) is 5.33. The maximum atomic E-state index is 5.41. The first-order valence-corrected chi connectivity index (χ1v) is 8.74. The first kappa shape index (κ1) is 16.6. The predicted molar refractivity (Wildman–Crippen MR) is 93.6 cm³/mol. The molecule has 3 nitrogen and oxygen atoms in total. The molecule has 0 radical (unpaired) electrons.